The van der Waals surface area contributed by atoms with Gasteiger partial charge in [0, 0.05) is 0 Å². The molecule has 25 heavy (non-hydrogen) atoms. The lowest BCUT2D eigenvalue weighted by atomic mass is 9.92. The molecule has 0 amide bonds. The van der Waals surface area contributed by atoms with Crippen LogP contribution in [0.25, 0.3) is 10.8 Å². The van der Waals surface area contributed by atoms with Gasteiger partial charge in [0.1, 0.15) is 0 Å². The summed E-state index contributed by atoms with van der Waals surface area (Å²) in [6, 6.07) is 9.13. The fourth-order valence-electron chi connectivity index (χ4n) is 2.94. The monoisotopic (exact) mass is 375 g/mol. The first kappa shape index (κ1) is 16.4. The van der Waals surface area contributed by atoms with Gasteiger partial charge < -0.3 is 4.42 Å². The first-order valence-electron chi connectivity index (χ1n) is 8.09. The van der Waals surface area contributed by atoms with Crippen LogP contribution in [0.2, 0.25) is 0 Å². The molecular formula is C17H17N3O3S2. The summed E-state index contributed by atoms with van der Waals surface area (Å²) in [5, 5.41) is 9.77. The Hall–Kier alpha value is -2.03. The average Bonchev–Trinajstić information content (AvgIpc) is 3.31. The molecule has 8 heteroatoms. The molecule has 1 aliphatic carbocycles. The van der Waals surface area contributed by atoms with Crippen LogP contribution in [0, 0.1) is 0 Å². The molecule has 0 fully saturated rings. The highest BCUT2D eigenvalue weighted by atomic mass is 32.2. The number of aromatic nitrogens is 2. The quantitative estimate of drug-likeness (QED) is 0.740. The van der Waals surface area contributed by atoms with E-state index in [0.717, 1.165) is 29.7 Å². The number of nitrogens with zero attached hydrogens (tertiary/aromatic N) is 2. The molecule has 0 spiro atoms. The van der Waals surface area contributed by atoms with Gasteiger partial charge in [0.2, 0.25) is 15.9 Å². The molecule has 1 aliphatic rings. The van der Waals surface area contributed by atoms with Gasteiger partial charge in [-0.1, -0.05) is 12.1 Å². The Balaban J connectivity index is 1.48. The van der Waals surface area contributed by atoms with Crippen molar-refractivity contribution in [1.82, 2.24) is 14.9 Å². The first-order chi connectivity index (χ1) is 12.1. The molecule has 4 rings (SSSR count). The molecule has 0 unspecified atom stereocenters. The molecule has 2 heterocycles. The van der Waals surface area contributed by atoms with Gasteiger partial charge in [-0.3, -0.25) is 0 Å². The van der Waals surface area contributed by atoms with E-state index in [9.17, 15) is 8.42 Å². The van der Waals surface area contributed by atoms with Crippen molar-refractivity contribution in [1.29, 1.82) is 0 Å². The van der Waals surface area contributed by atoms with E-state index in [2.05, 4.69) is 14.9 Å². The third-order valence-electron chi connectivity index (χ3n) is 4.24. The maximum absolute atomic E-state index is 12.5. The summed E-state index contributed by atoms with van der Waals surface area (Å²) < 4.78 is 33.1. The molecule has 6 nitrogen and oxygen atoms in total. The van der Waals surface area contributed by atoms with E-state index < -0.39 is 10.0 Å². The second-order valence-corrected chi connectivity index (χ2v) is 8.66. The van der Waals surface area contributed by atoms with Crippen molar-refractivity contribution in [2.24, 2.45) is 0 Å². The maximum Gasteiger partial charge on any atom is 0.257 e. The highest BCUT2D eigenvalue weighted by Crippen LogP contribution is 2.25. The molecule has 2 aromatic heterocycles. The Labute approximate surface area is 150 Å². The number of aryl methyl sites for hydroxylation is 2. The van der Waals surface area contributed by atoms with Crippen LogP contribution in [-0.2, 0) is 29.4 Å². The van der Waals surface area contributed by atoms with Crippen LogP contribution in [-0.4, -0.2) is 18.6 Å². The Bertz CT molecular complexity index is 978. The molecule has 0 aliphatic heterocycles. The number of rotatable bonds is 5. The minimum Gasteiger partial charge on any atom is -0.418 e. The summed E-state index contributed by atoms with van der Waals surface area (Å²) in [6.45, 7) is -0.0300. The minimum absolute atomic E-state index is 0.0300. The van der Waals surface area contributed by atoms with Gasteiger partial charge in [0.15, 0.2) is 0 Å². The van der Waals surface area contributed by atoms with Crippen LogP contribution in [0.4, 0.5) is 0 Å². The largest absolute Gasteiger partial charge is 0.418 e. The van der Waals surface area contributed by atoms with Crippen molar-refractivity contribution in [2.75, 3.05) is 0 Å². The standard InChI is InChI=1S/C17H17N3O3S2/c21-25(22,14-8-7-12-4-1-2-5-13(12)10-14)18-11-16-19-20-17(23-16)15-6-3-9-24-15/h3,6-10,18H,1-2,4-5,11H2. The molecule has 0 saturated heterocycles. The number of fused-ring (bicyclic) bond motifs is 1. The van der Waals surface area contributed by atoms with Gasteiger partial charge in [-0.25, -0.2) is 13.1 Å². The van der Waals surface area contributed by atoms with Gasteiger partial charge in [-0.05, 0) is 60.4 Å². The Kier molecular flexibility index (Phi) is 4.41. The van der Waals surface area contributed by atoms with Gasteiger partial charge in [-0.15, -0.1) is 21.5 Å². The Morgan fingerprint density at radius 2 is 1.96 bits per heavy atom. The van der Waals surface area contributed by atoms with Gasteiger partial charge in [0.05, 0.1) is 16.3 Å². The summed E-state index contributed by atoms with van der Waals surface area (Å²) in [6.07, 6.45) is 4.24. The molecule has 0 bridgehead atoms. The molecule has 0 radical (unpaired) electrons. The van der Waals surface area contributed by atoms with Crippen molar-refractivity contribution >= 4 is 21.4 Å². The maximum atomic E-state index is 12.5. The van der Waals surface area contributed by atoms with Gasteiger partial charge >= 0.3 is 0 Å². The highest BCUT2D eigenvalue weighted by Gasteiger charge is 2.19. The lowest BCUT2D eigenvalue weighted by Crippen LogP contribution is -2.23. The zero-order valence-electron chi connectivity index (χ0n) is 13.4. The zero-order chi connectivity index (χ0) is 17.3. The molecule has 1 N–H and O–H groups in total. The van der Waals surface area contributed by atoms with Crippen molar-refractivity contribution in [3.8, 4) is 10.8 Å². The topological polar surface area (TPSA) is 85.1 Å². The second-order valence-electron chi connectivity index (χ2n) is 5.94. The van der Waals surface area contributed by atoms with E-state index in [1.165, 1.54) is 23.3 Å². The van der Waals surface area contributed by atoms with Crippen LogP contribution >= 0.6 is 11.3 Å². The van der Waals surface area contributed by atoms with Crippen LogP contribution in [0.15, 0.2) is 45.0 Å². The van der Waals surface area contributed by atoms with E-state index in [-0.39, 0.29) is 17.3 Å². The fourth-order valence-corrected chi connectivity index (χ4v) is 4.61. The summed E-state index contributed by atoms with van der Waals surface area (Å²) in [4.78, 5) is 1.14. The lowest BCUT2D eigenvalue weighted by molar-refractivity contribution is 0.495. The van der Waals surface area contributed by atoms with Crippen molar-refractivity contribution in [2.45, 2.75) is 37.1 Å². The van der Waals surface area contributed by atoms with E-state index >= 15 is 0 Å². The number of thiophene rings is 1. The minimum atomic E-state index is -3.61. The third kappa shape index (κ3) is 3.51. The Morgan fingerprint density at radius 1 is 1.12 bits per heavy atom. The van der Waals surface area contributed by atoms with Crippen molar-refractivity contribution in [3.63, 3.8) is 0 Å². The third-order valence-corrected chi connectivity index (χ3v) is 6.50. The number of sulfonamides is 1. The average molecular weight is 375 g/mol. The first-order valence-corrected chi connectivity index (χ1v) is 10.5. The smallest absolute Gasteiger partial charge is 0.257 e. The number of hydrogen-bond donors (Lipinski definition) is 1. The van der Waals surface area contributed by atoms with Crippen LogP contribution in [0.5, 0.6) is 0 Å². The van der Waals surface area contributed by atoms with E-state index in [1.54, 1.807) is 12.1 Å². The molecule has 3 aromatic rings. The fraction of sp³-hybridized carbons (Fsp3) is 0.294. The SMILES string of the molecule is O=S(=O)(NCc1nnc(-c2cccs2)o1)c1ccc2c(c1)CCCC2. The predicted molar refractivity (Wildman–Crippen MR) is 94.7 cm³/mol. The number of nitrogens with one attached hydrogen (secondary N) is 1. The molecule has 130 valence electrons. The van der Waals surface area contributed by atoms with E-state index in [4.69, 9.17) is 4.42 Å². The summed E-state index contributed by atoms with van der Waals surface area (Å²) in [5.41, 5.74) is 2.38. The second kappa shape index (κ2) is 6.70. The molecule has 0 atom stereocenters. The number of hydrogen-bond acceptors (Lipinski definition) is 6. The molecular weight excluding hydrogens is 358 g/mol. The van der Waals surface area contributed by atoms with E-state index in [1.807, 2.05) is 23.6 Å². The van der Waals surface area contributed by atoms with Gasteiger partial charge in [-0.2, -0.15) is 0 Å². The molecule has 1 aromatic carbocycles. The summed E-state index contributed by atoms with van der Waals surface area (Å²) in [7, 11) is -3.61. The van der Waals surface area contributed by atoms with Crippen molar-refractivity contribution < 1.29 is 12.8 Å². The molecule has 0 saturated carbocycles. The van der Waals surface area contributed by atoms with Crippen LogP contribution in [0.1, 0.15) is 29.9 Å². The number of benzene rings is 1. The predicted octanol–water partition coefficient (Wildman–Crippen LogP) is 3.16. The lowest BCUT2D eigenvalue weighted by Gasteiger charge is -2.16. The van der Waals surface area contributed by atoms with Gasteiger partial charge in [0.25, 0.3) is 5.89 Å². The normalized spacial score (nSPS) is 14.4. The summed E-state index contributed by atoms with van der Waals surface area (Å²) in [5.74, 6) is 0.642. The zero-order valence-corrected chi connectivity index (χ0v) is 15.1. The van der Waals surface area contributed by atoms with Crippen LogP contribution in [0.3, 0.4) is 0 Å². The Morgan fingerprint density at radius 3 is 2.76 bits per heavy atom. The summed E-state index contributed by atoms with van der Waals surface area (Å²) >= 11 is 1.49. The highest BCUT2D eigenvalue weighted by molar-refractivity contribution is 7.89. The van der Waals surface area contributed by atoms with Crippen molar-refractivity contribution in [3.05, 3.63) is 52.7 Å². The van der Waals surface area contributed by atoms with Crippen LogP contribution < -0.4 is 4.72 Å². The van der Waals surface area contributed by atoms with E-state index in [0.29, 0.717) is 5.89 Å².